The van der Waals surface area contributed by atoms with E-state index in [1.807, 2.05) is 12.1 Å². The molecule has 1 aromatic carbocycles. The van der Waals surface area contributed by atoms with E-state index in [-0.39, 0.29) is 0 Å². The fourth-order valence-electron chi connectivity index (χ4n) is 2.95. The Bertz CT molecular complexity index is 473. The molecule has 1 N–H and O–H groups in total. The lowest BCUT2D eigenvalue weighted by Gasteiger charge is -2.32. The Hall–Kier alpha value is -1.33. The van der Waals surface area contributed by atoms with E-state index >= 15 is 0 Å². The number of nitriles is 1. The zero-order valence-corrected chi connectivity index (χ0v) is 12.2. The van der Waals surface area contributed by atoms with Gasteiger partial charge < -0.3 is 5.32 Å². The molecule has 2 rings (SSSR count). The van der Waals surface area contributed by atoms with E-state index in [2.05, 4.69) is 38.2 Å². The molecule has 1 aliphatic rings. The van der Waals surface area contributed by atoms with Crippen LogP contribution in [0.4, 0.5) is 0 Å². The summed E-state index contributed by atoms with van der Waals surface area (Å²) in [5.74, 6) is 1.70. The van der Waals surface area contributed by atoms with Crippen LogP contribution in [0.3, 0.4) is 0 Å². The third-order valence-corrected chi connectivity index (χ3v) is 4.65. The molecule has 0 heterocycles. The van der Waals surface area contributed by atoms with Gasteiger partial charge in [-0.2, -0.15) is 5.26 Å². The summed E-state index contributed by atoms with van der Waals surface area (Å²) >= 11 is 0. The van der Waals surface area contributed by atoms with Crippen LogP contribution in [0.15, 0.2) is 18.2 Å². The van der Waals surface area contributed by atoms with Crippen LogP contribution < -0.4 is 5.32 Å². The second-order valence-electron chi connectivity index (χ2n) is 6.10. The fraction of sp³-hybridized carbons (Fsp3) is 0.588. The monoisotopic (exact) mass is 256 g/mol. The van der Waals surface area contributed by atoms with E-state index in [0.717, 1.165) is 23.9 Å². The third-order valence-electron chi connectivity index (χ3n) is 4.65. The first-order valence-electron chi connectivity index (χ1n) is 7.33. The molecule has 0 saturated heterocycles. The van der Waals surface area contributed by atoms with Gasteiger partial charge >= 0.3 is 0 Å². The van der Waals surface area contributed by atoms with E-state index in [0.29, 0.717) is 6.04 Å². The summed E-state index contributed by atoms with van der Waals surface area (Å²) in [6.07, 6.45) is 3.92. The van der Waals surface area contributed by atoms with Crippen molar-refractivity contribution in [3.63, 3.8) is 0 Å². The van der Waals surface area contributed by atoms with Crippen molar-refractivity contribution in [2.75, 3.05) is 0 Å². The van der Waals surface area contributed by atoms with Crippen LogP contribution in [0, 0.1) is 30.1 Å². The molecule has 3 atom stereocenters. The van der Waals surface area contributed by atoms with E-state index in [1.54, 1.807) is 0 Å². The van der Waals surface area contributed by atoms with Crippen LogP contribution in [-0.4, -0.2) is 6.04 Å². The predicted octanol–water partition coefficient (Wildman–Crippen LogP) is 3.78. The minimum absolute atomic E-state index is 0.654. The van der Waals surface area contributed by atoms with Gasteiger partial charge in [0.2, 0.25) is 0 Å². The summed E-state index contributed by atoms with van der Waals surface area (Å²) in [4.78, 5) is 0. The Morgan fingerprint density at radius 3 is 2.68 bits per heavy atom. The second kappa shape index (κ2) is 6.21. The molecule has 0 radical (unpaired) electrons. The molecule has 1 aliphatic carbocycles. The van der Waals surface area contributed by atoms with Gasteiger partial charge in [-0.15, -0.1) is 0 Å². The van der Waals surface area contributed by atoms with Crippen molar-refractivity contribution >= 4 is 0 Å². The van der Waals surface area contributed by atoms with Crippen molar-refractivity contribution in [1.29, 1.82) is 5.26 Å². The Morgan fingerprint density at radius 1 is 1.26 bits per heavy atom. The van der Waals surface area contributed by atoms with E-state index in [4.69, 9.17) is 5.26 Å². The lowest BCUT2D eigenvalue weighted by molar-refractivity contribution is 0.225. The molecule has 2 nitrogen and oxygen atoms in total. The maximum Gasteiger partial charge on any atom is 0.0991 e. The lowest BCUT2D eigenvalue weighted by atomic mass is 9.79. The molecule has 19 heavy (non-hydrogen) atoms. The van der Waals surface area contributed by atoms with Crippen LogP contribution in [-0.2, 0) is 6.54 Å². The molecule has 1 saturated carbocycles. The minimum atomic E-state index is 0.654. The number of hydrogen-bond acceptors (Lipinski definition) is 2. The molecule has 3 unspecified atom stereocenters. The van der Waals surface area contributed by atoms with Gasteiger partial charge in [-0.3, -0.25) is 0 Å². The van der Waals surface area contributed by atoms with Gasteiger partial charge in [-0.25, -0.2) is 0 Å². The zero-order chi connectivity index (χ0) is 13.8. The van der Waals surface area contributed by atoms with Crippen LogP contribution in [0.25, 0.3) is 0 Å². The lowest BCUT2D eigenvalue weighted by Crippen LogP contribution is -2.35. The molecule has 0 amide bonds. The molecule has 0 spiro atoms. The largest absolute Gasteiger partial charge is 0.310 e. The summed E-state index contributed by atoms with van der Waals surface area (Å²) in [5, 5.41) is 12.6. The van der Waals surface area contributed by atoms with Crippen molar-refractivity contribution in [3.8, 4) is 6.07 Å². The van der Waals surface area contributed by atoms with Gasteiger partial charge in [0.25, 0.3) is 0 Å². The smallest absolute Gasteiger partial charge is 0.0991 e. The second-order valence-corrected chi connectivity index (χ2v) is 6.10. The first-order chi connectivity index (χ1) is 9.10. The Balaban J connectivity index is 1.91. The average molecular weight is 256 g/mol. The molecular formula is C17H24N2. The van der Waals surface area contributed by atoms with Crippen LogP contribution in [0.2, 0.25) is 0 Å². The fourth-order valence-corrected chi connectivity index (χ4v) is 2.95. The van der Waals surface area contributed by atoms with Crippen molar-refractivity contribution in [2.24, 2.45) is 11.8 Å². The number of nitrogens with zero attached hydrogens (tertiary/aromatic N) is 1. The molecule has 0 bridgehead atoms. The number of hydrogen-bond donors (Lipinski definition) is 1. The molecule has 1 aromatic rings. The summed E-state index contributed by atoms with van der Waals surface area (Å²) in [7, 11) is 0. The normalized spacial score (nSPS) is 26.9. The highest BCUT2D eigenvalue weighted by Gasteiger charge is 2.23. The van der Waals surface area contributed by atoms with Crippen molar-refractivity contribution in [1.82, 2.24) is 5.32 Å². The van der Waals surface area contributed by atoms with E-state index in [9.17, 15) is 0 Å². The Kier molecular flexibility index (Phi) is 4.61. The minimum Gasteiger partial charge on any atom is -0.310 e. The van der Waals surface area contributed by atoms with E-state index in [1.165, 1.54) is 30.4 Å². The molecule has 2 heteroatoms. The summed E-state index contributed by atoms with van der Waals surface area (Å²) < 4.78 is 0. The van der Waals surface area contributed by atoms with Gasteiger partial charge in [0.15, 0.2) is 0 Å². The van der Waals surface area contributed by atoms with Gasteiger partial charge in [0.1, 0.15) is 0 Å². The molecular weight excluding hydrogens is 232 g/mol. The van der Waals surface area contributed by atoms with Gasteiger partial charge in [0, 0.05) is 12.6 Å². The predicted molar refractivity (Wildman–Crippen MR) is 78.7 cm³/mol. The first kappa shape index (κ1) is 14.1. The summed E-state index contributed by atoms with van der Waals surface area (Å²) in [6.45, 7) is 7.74. The first-order valence-corrected chi connectivity index (χ1v) is 7.33. The quantitative estimate of drug-likeness (QED) is 0.893. The molecule has 0 aliphatic heterocycles. The van der Waals surface area contributed by atoms with Crippen molar-refractivity contribution < 1.29 is 0 Å². The van der Waals surface area contributed by atoms with Gasteiger partial charge in [-0.05, 0) is 61.3 Å². The third kappa shape index (κ3) is 3.58. The van der Waals surface area contributed by atoms with Crippen LogP contribution in [0.1, 0.15) is 49.8 Å². The Morgan fingerprint density at radius 2 is 2.05 bits per heavy atom. The number of nitrogens with one attached hydrogen (secondary N) is 1. The highest BCUT2D eigenvalue weighted by molar-refractivity contribution is 5.37. The van der Waals surface area contributed by atoms with Gasteiger partial charge in [0.05, 0.1) is 11.6 Å². The maximum atomic E-state index is 8.88. The van der Waals surface area contributed by atoms with Crippen LogP contribution in [0.5, 0.6) is 0 Å². The highest BCUT2D eigenvalue weighted by Crippen LogP contribution is 2.29. The van der Waals surface area contributed by atoms with Crippen LogP contribution >= 0.6 is 0 Å². The molecule has 1 fully saturated rings. The van der Waals surface area contributed by atoms with Crippen molar-refractivity contribution in [2.45, 2.75) is 52.6 Å². The number of benzene rings is 1. The molecule has 0 aromatic heterocycles. The molecule has 102 valence electrons. The average Bonchev–Trinajstić information content (AvgIpc) is 2.41. The number of rotatable bonds is 3. The highest BCUT2D eigenvalue weighted by atomic mass is 14.9. The zero-order valence-electron chi connectivity index (χ0n) is 12.2. The summed E-state index contributed by atoms with van der Waals surface area (Å²) in [6, 6.07) is 8.81. The number of aryl methyl sites for hydroxylation is 1. The SMILES string of the molecule is Cc1cc(C#N)ccc1CNC1CCC(C)C(C)C1. The Labute approximate surface area is 116 Å². The summed E-state index contributed by atoms with van der Waals surface area (Å²) in [5.41, 5.74) is 3.27. The standard InChI is InChI=1S/C17H24N2/c1-12-4-7-17(9-13(12)2)19-11-16-6-5-15(10-18)8-14(16)3/h5-6,8,12-13,17,19H,4,7,9,11H2,1-3H3. The topological polar surface area (TPSA) is 35.8 Å². The van der Waals surface area contributed by atoms with Gasteiger partial charge in [-0.1, -0.05) is 19.9 Å². The van der Waals surface area contributed by atoms with E-state index < -0.39 is 0 Å². The maximum absolute atomic E-state index is 8.88. The van der Waals surface area contributed by atoms with Crippen molar-refractivity contribution in [3.05, 3.63) is 34.9 Å².